The standard InChI is InChI=1S/C27H23ClN6O2S/c1-15(33-25-21-19(35)10-11-29-24(21)31-14-32-25)23-22(28)17-8-5-9-18(26-30-12-13-37-26)20(17)27(36)34(23)16-6-3-2-4-7-16/h2-11,14-15,26,30H,12-13H2,1H3,(H2,29,31,32,33,35)/t15-,26?/m0/s1. The van der Waals surface area contributed by atoms with Crippen LogP contribution in [0.1, 0.15) is 29.6 Å². The Balaban J connectivity index is 1.59. The van der Waals surface area contributed by atoms with Crippen molar-refractivity contribution in [3.8, 4) is 5.69 Å². The molecule has 8 nitrogen and oxygen atoms in total. The fourth-order valence-electron chi connectivity index (χ4n) is 4.90. The third-order valence-electron chi connectivity index (χ3n) is 6.54. The summed E-state index contributed by atoms with van der Waals surface area (Å²) >= 11 is 8.91. The summed E-state index contributed by atoms with van der Waals surface area (Å²) in [5.74, 6) is 1.34. The SMILES string of the molecule is C[C@H](Nc1ncnc2[nH]ccc(=O)c12)c1c(Cl)c2cccc(C3NCCS3)c2c(=O)n1-c1ccccc1. The number of pyridine rings is 2. The van der Waals surface area contributed by atoms with Crippen molar-refractivity contribution in [3.05, 3.63) is 104 Å². The zero-order valence-corrected chi connectivity index (χ0v) is 21.4. The molecule has 2 aromatic carbocycles. The molecular formula is C27H23ClN6O2S. The molecule has 0 aliphatic carbocycles. The number of halogens is 1. The second-order valence-corrected chi connectivity index (χ2v) is 10.4. The van der Waals surface area contributed by atoms with Gasteiger partial charge in [-0.25, -0.2) is 9.97 Å². The average molecular weight is 531 g/mol. The number of H-pyrrole nitrogens is 1. The van der Waals surface area contributed by atoms with E-state index in [1.54, 1.807) is 22.5 Å². The highest BCUT2D eigenvalue weighted by Gasteiger charge is 2.27. The maximum absolute atomic E-state index is 14.3. The molecule has 1 aliphatic heterocycles. The lowest BCUT2D eigenvalue weighted by Gasteiger charge is -2.24. The van der Waals surface area contributed by atoms with E-state index in [1.807, 2.05) is 55.5 Å². The molecule has 0 bridgehead atoms. The van der Waals surface area contributed by atoms with Gasteiger partial charge in [-0.1, -0.05) is 48.0 Å². The van der Waals surface area contributed by atoms with Crippen molar-refractivity contribution in [2.75, 3.05) is 17.6 Å². The van der Waals surface area contributed by atoms with Crippen molar-refractivity contribution < 1.29 is 0 Å². The van der Waals surface area contributed by atoms with Gasteiger partial charge < -0.3 is 15.6 Å². The van der Waals surface area contributed by atoms with E-state index in [1.165, 1.54) is 12.4 Å². The highest BCUT2D eigenvalue weighted by Crippen LogP contribution is 2.38. The Labute approximate surface area is 221 Å². The van der Waals surface area contributed by atoms with Gasteiger partial charge in [0.1, 0.15) is 23.2 Å². The molecule has 0 saturated carbocycles. The number of para-hydroxylation sites is 1. The summed E-state index contributed by atoms with van der Waals surface area (Å²) in [5.41, 5.74) is 2.27. The van der Waals surface area contributed by atoms with Crippen molar-refractivity contribution >= 4 is 51.0 Å². The second-order valence-electron chi connectivity index (χ2n) is 8.80. The maximum atomic E-state index is 14.3. The molecule has 4 heterocycles. The van der Waals surface area contributed by atoms with Crippen LogP contribution in [0.15, 0.2) is 76.7 Å². The molecule has 10 heteroatoms. The van der Waals surface area contributed by atoms with Gasteiger partial charge in [0, 0.05) is 35.6 Å². The first-order valence-electron chi connectivity index (χ1n) is 11.9. The van der Waals surface area contributed by atoms with Crippen LogP contribution in [0, 0.1) is 0 Å². The highest BCUT2D eigenvalue weighted by atomic mass is 35.5. The van der Waals surface area contributed by atoms with Gasteiger partial charge in [0.25, 0.3) is 5.56 Å². The summed E-state index contributed by atoms with van der Waals surface area (Å²) < 4.78 is 1.67. The van der Waals surface area contributed by atoms with Crippen LogP contribution in [0.5, 0.6) is 0 Å². The molecule has 1 aliphatic rings. The lowest BCUT2D eigenvalue weighted by molar-refractivity contribution is 0.750. The molecule has 6 rings (SSSR count). The van der Waals surface area contributed by atoms with Crippen LogP contribution in [0.4, 0.5) is 5.82 Å². The highest BCUT2D eigenvalue weighted by molar-refractivity contribution is 7.99. The molecule has 2 atom stereocenters. The molecule has 0 amide bonds. The predicted molar refractivity (Wildman–Crippen MR) is 150 cm³/mol. The minimum Gasteiger partial charge on any atom is -0.361 e. The molecule has 0 spiro atoms. The molecule has 186 valence electrons. The quantitative estimate of drug-likeness (QED) is 0.300. The van der Waals surface area contributed by atoms with E-state index in [9.17, 15) is 9.59 Å². The number of thioether (sulfide) groups is 1. The van der Waals surface area contributed by atoms with Gasteiger partial charge in [-0.2, -0.15) is 0 Å². The Morgan fingerprint density at radius 1 is 1.08 bits per heavy atom. The Hall–Kier alpha value is -3.66. The average Bonchev–Trinajstić information content (AvgIpc) is 3.46. The van der Waals surface area contributed by atoms with E-state index in [0.717, 1.165) is 17.9 Å². The number of fused-ring (bicyclic) bond motifs is 2. The first-order valence-corrected chi connectivity index (χ1v) is 13.3. The van der Waals surface area contributed by atoms with Crippen LogP contribution in [-0.2, 0) is 0 Å². The fourth-order valence-corrected chi connectivity index (χ4v) is 6.39. The lowest BCUT2D eigenvalue weighted by Crippen LogP contribution is -2.28. The summed E-state index contributed by atoms with van der Waals surface area (Å²) in [4.78, 5) is 38.4. The summed E-state index contributed by atoms with van der Waals surface area (Å²) in [6.45, 7) is 2.78. The van der Waals surface area contributed by atoms with Gasteiger partial charge in [-0.05, 0) is 24.6 Å². The zero-order chi connectivity index (χ0) is 25.5. The van der Waals surface area contributed by atoms with Crippen LogP contribution in [-0.4, -0.2) is 31.8 Å². The number of nitrogens with one attached hydrogen (secondary N) is 3. The number of nitrogens with zero attached hydrogens (tertiary/aromatic N) is 3. The number of anilines is 1. The Bertz CT molecular complexity index is 1740. The molecule has 1 saturated heterocycles. The molecule has 5 aromatic rings. The van der Waals surface area contributed by atoms with Crippen molar-refractivity contribution in [1.29, 1.82) is 0 Å². The van der Waals surface area contributed by atoms with Crippen LogP contribution in [0.2, 0.25) is 5.02 Å². The molecule has 3 N–H and O–H groups in total. The van der Waals surface area contributed by atoms with Gasteiger partial charge in [-0.3, -0.25) is 14.2 Å². The van der Waals surface area contributed by atoms with E-state index in [-0.39, 0.29) is 16.4 Å². The predicted octanol–water partition coefficient (Wildman–Crippen LogP) is 4.78. The van der Waals surface area contributed by atoms with E-state index in [2.05, 4.69) is 25.6 Å². The number of benzene rings is 2. The number of aromatic amines is 1. The molecule has 37 heavy (non-hydrogen) atoms. The first-order chi connectivity index (χ1) is 18.0. The van der Waals surface area contributed by atoms with Crippen molar-refractivity contribution in [3.63, 3.8) is 0 Å². The molecule has 3 aromatic heterocycles. The Morgan fingerprint density at radius 3 is 2.70 bits per heavy atom. The van der Waals surface area contributed by atoms with Gasteiger partial charge in [-0.15, -0.1) is 11.8 Å². The largest absolute Gasteiger partial charge is 0.361 e. The third-order valence-corrected chi connectivity index (χ3v) is 8.13. The minimum absolute atomic E-state index is 0.0252. The summed E-state index contributed by atoms with van der Waals surface area (Å²) in [6.07, 6.45) is 2.94. The summed E-state index contributed by atoms with van der Waals surface area (Å²) in [6, 6.07) is 16.2. The van der Waals surface area contributed by atoms with Crippen LogP contribution in [0.25, 0.3) is 27.5 Å². The molecule has 1 unspecified atom stereocenters. The second kappa shape index (κ2) is 9.66. The van der Waals surface area contributed by atoms with E-state index in [4.69, 9.17) is 11.6 Å². The Morgan fingerprint density at radius 2 is 1.92 bits per heavy atom. The molecular weight excluding hydrogens is 508 g/mol. The van der Waals surface area contributed by atoms with Crippen LogP contribution >= 0.6 is 23.4 Å². The smallest absolute Gasteiger partial charge is 0.263 e. The first kappa shape index (κ1) is 23.7. The van der Waals surface area contributed by atoms with E-state index in [0.29, 0.717) is 44.0 Å². The number of rotatable bonds is 5. The maximum Gasteiger partial charge on any atom is 0.263 e. The lowest BCUT2D eigenvalue weighted by atomic mass is 10.0. The van der Waals surface area contributed by atoms with Crippen molar-refractivity contribution in [2.24, 2.45) is 0 Å². The van der Waals surface area contributed by atoms with Crippen LogP contribution in [0.3, 0.4) is 0 Å². The number of hydrogen-bond donors (Lipinski definition) is 3. The van der Waals surface area contributed by atoms with Gasteiger partial charge in [0.15, 0.2) is 5.43 Å². The fraction of sp³-hybridized carbons (Fsp3) is 0.185. The normalized spacial score (nSPS) is 16.3. The minimum atomic E-state index is -0.481. The summed E-state index contributed by atoms with van der Waals surface area (Å²) in [7, 11) is 0. The third kappa shape index (κ3) is 4.09. The topological polar surface area (TPSA) is 105 Å². The van der Waals surface area contributed by atoms with Gasteiger partial charge >= 0.3 is 0 Å². The number of aromatic nitrogens is 4. The molecule has 1 fully saturated rings. The van der Waals surface area contributed by atoms with Crippen molar-refractivity contribution in [2.45, 2.75) is 18.3 Å². The Kier molecular flexibility index (Phi) is 6.19. The van der Waals surface area contributed by atoms with Crippen LogP contribution < -0.4 is 21.6 Å². The molecule has 0 radical (unpaired) electrons. The monoisotopic (exact) mass is 530 g/mol. The summed E-state index contributed by atoms with van der Waals surface area (Å²) in [5, 5.41) is 8.93. The zero-order valence-electron chi connectivity index (χ0n) is 19.9. The van der Waals surface area contributed by atoms with Gasteiger partial charge in [0.2, 0.25) is 0 Å². The van der Waals surface area contributed by atoms with E-state index >= 15 is 0 Å². The number of hydrogen-bond acceptors (Lipinski definition) is 7. The van der Waals surface area contributed by atoms with Gasteiger partial charge in [0.05, 0.1) is 27.5 Å². The van der Waals surface area contributed by atoms with E-state index < -0.39 is 6.04 Å². The van der Waals surface area contributed by atoms with Crippen molar-refractivity contribution in [1.82, 2.24) is 24.8 Å².